The van der Waals surface area contributed by atoms with Crippen molar-refractivity contribution in [2.24, 2.45) is 0 Å². The Balaban J connectivity index is 1.61. The van der Waals surface area contributed by atoms with E-state index in [0.29, 0.717) is 17.2 Å². The fourth-order valence-electron chi connectivity index (χ4n) is 2.08. The van der Waals surface area contributed by atoms with E-state index in [-0.39, 0.29) is 24.7 Å². The number of carboxylic acids is 1. The van der Waals surface area contributed by atoms with Gasteiger partial charge >= 0.3 is 5.97 Å². The van der Waals surface area contributed by atoms with Crippen molar-refractivity contribution >= 4 is 17.6 Å². The zero-order valence-corrected chi connectivity index (χ0v) is 11.9. The van der Waals surface area contributed by atoms with E-state index in [4.69, 9.17) is 19.3 Å². The van der Waals surface area contributed by atoms with Crippen molar-refractivity contribution in [2.75, 3.05) is 18.7 Å². The summed E-state index contributed by atoms with van der Waals surface area (Å²) < 4.78 is 15.8. The zero-order chi connectivity index (χ0) is 16.2. The number of amides is 1. The van der Waals surface area contributed by atoms with Crippen LogP contribution < -0.4 is 19.5 Å². The fraction of sp³-hybridized carbons (Fsp3) is 0.125. The number of hydrogen-bond acceptors (Lipinski definition) is 5. The molecule has 0 saturated carbocycles. The van der Waals surface area contributed by atoms with E-state index in [0.717, 1.165) is 0 Å². The Bertz CT molecular complexity index is 758. The molecule has 0 aromatic heterocycles. The first-order valence-electron chi connectivity index (χ1n) is 6.78. The van der Waals surface area contributed by atoms with Crippen LogP contribution in [-0.2, 0) is 4.79 Å². The van der Waals surface area contributed by atoms with Crippen LogP contribution in [0, 0.1) is 0 Å². The number of ether oxygens (including phenoxy) is 3. The van der Waals surface area contributed by atoms with E-state index in [2.05, 4.69) is 5.32 Å². The highest BCUT2D eigenvalue weighted by Gasteiger charge is 2.15. The maximum absolute atomic E-state index is 11.9. The van der Waals surface area contributed by atoms with Gasteiger partial charge in [0.2, 0.25) is 6.79 Å². The minimum Gasteiger partial charge on any atom is -0.484 e. The highest BCUT2D eigenvalue weighted by Crippen LogP contribution is 2.35. The van der Waals surface area contributed by atoms with Crippen LogP contribution in [0.15, 0.2) is 42.5 Å². The van der Waals surface area contributed by atoms with Gasteiger partial charge in [-0.3, -0.25) is 4.79 Å². The van der Waals surface area contributed by atoms with E-state index < -0.39 is 11.9 Å². The predicted molar refractivity (Wildman–Crippen MR) is 80.1 cm³/mol. The Hall–Kier alpha value is -3.22. The lowest BCUT2D eigenvalue weighted by atomic mass is 10.2. The van der Waals surface area contributed by atoms with Crippen LogP contribution in [0.1, 0.15) is 10.4 Å². The fourth-order valence-corrected chi connectivity index (χ4v) is 2.08. The molecule has 118 valence electrons. The number of hydrogen-bond donors (Lipinski definition) is 2. The molecule has 2 N–H and O–H groups in total. The Kier molecular flexibility index (Phi) is 4.01. The summed E-state index contributed by atoms with van der Waals surface area (Å²) in [7, 11) is 0. The molecule has 2 aromatic rings. The third-order valence-electron chi connectivity index (χ3n) is 3.15. The van der Waals surface area contributed by atoms with Crippen molar-refractivity contribution in [2.45, 2.75) is 0 Å². The molecule has 1 heterocycles. The van der Waals surface area contributed by atoms with E-state index in [1.165, 1.54) is 12.1 Å². The number of carbonyl (C=O) groups is 2. The number of para-hydroxylation sites is 1. The van der Waals surface area contributed by atoms with Gasteiger partial charge in [-0.2, -0.15) is 0 Å². The standard InChI is InChI=1S/C16H13NO6/c18-15(17-12-4-2-1-3-11(12)16(19)20)8-21-10-5-6-13-14(7-10)23-9-22-13/h1-7H,8-9H2,(H,17,18)(H,19,20). The Morgan fingerprint density at radius 3 is 2.74 bits per heavy atom. The van der Waals surface area contributed by atoms with Gasteiger partial charge in [-0.05, 0) is 24.3 Å². The molecule has 0 aliphatic carbocycles. The summed E-state index contributed by atoms with van der Waals surface area (Å²) in [5.41, 5.74) is 0.239. The number of aromatic carboxylic acids is 1. The minimum atomic E-state index is -1.11. The van der Waals surface area contributed by atoms with Crippen LogP contribution in [0.3, 0.4) is 0 Å². The van der Waals surface area contributed by atoms with Crippen LogP contribution in [0.5, 0.6) is 17.2 Å². The largest absolute Gasteiger partial charge is 0.484 e. The summed E-state index contributed by atoms with van der Waals surface area (Å²) in [6.45, 7) is -0.0984. The lowest BCUT2D eigenvalue weighted by Gasteiger charge is -2.09. The van der Waals surface area contributed by atoms with Gasteiger partial charge in [-0.15, -0.1) is 0 Å². The molecule has 1 amide bonds. The molecule has 7 heteroatoms. The lowest BCUT2D eigenvalue weighted by Crippen LogP contribution is -2.21. The van der Waals surface area contributed by atoms with Crippen LogP contribution in [0.25, 0.3) is 0 Å². The summed E-state index contributed by atoms with van der Waals surface area (Å²) >= 11 is 0. The smallest absolute Gasteiger partial charge is 0.337 e. The third-order valence-corrected chi connectivity index (χ3v) is 3.15. The molecule has 1 aliphatic rings. The molecule has 0 fully saturated rings. The number of anilines is 1. The van der Waals surface area contributed by atoms with Gasteiger partial charge in [0.05, 0.1) is 11.3 Å². The Morgan fingerprint density at radius 1 is 1.13 bits per heavy atom. The number of carboxylic acid groups (broad SMARTS) is 1. The molecular weight excluding hydrogens is 302 g/mol. The summed E-state index contributed by atoms with van der Waals surface area (Å²) in [6, 6.07) is 11.1. The molecule has 7 nitrogen and oxygen atoms in total. The maximum Gasteiger partial charge on any atom is 0.337 e. The van der Waals surface area contributed by atoms with Crippen LogP contribution in [0.2, 0.25) is 0 Å². The highest BCUT2D eigenvalue weighted by molar-refractivity contribution is 6.00. The normalized spacial score (nSPS) is 11.8. The molecular formula is C16H13NO6. The molecule has 0 radical (unpaired) electrons. The van der Waals surface area contributed by atoms with E-state index in [1.807, 2.05) is 0 Å². The third kappa shape index (κ3) is 3.34. The monoisotopic (exact) mass is 315 g/mol. The van der Waals surface area contributed by atoms with E-state index >= 15 is 0 Å². The molecule has 0 atom stereocenters. The van der Waals surface area contributed by atoms with Crippen molar-refractivity contribution in [3.8, 4) is 17.2 Å². The van der Waals surface area contributed by atoms with Gasteiger partial charge in [0.15, 0.2) is 18.1 Å². The number of benzene rings is 2. The lowest BCUT2D eigenvalue weighted by molar-refractivity contribution is -0.118. The second kappa shape index (κ2) is 6.27. The maximum atomic E-state index is 11.9. The number of carbonyl (C=O) groups excluding carboxylic acids is 1. The van der Waals surface area contributed by atoms with Crippen molar-refractivity contribution in [3.05, 3.63) is 48.0 Å². The molecule has 1 aliphatic heterocycles. The molecule has 23 heavy (non-hydrogen) atoms. The van der Waals surface area contributed by atoms with Crippen molar-refractivity contribution in [1.82, 2.24) is 0 Å². The first kappa shape index (κ1) is 14.7. The molecule has 3 rings (SSSR count). The second-order valence-corrected chi connectivity index (χ2v) is 4.70. The zero-order valence-electron chi connectivity index (χ0n) is 11.9. The number of fused-ring (bicyclic) bond motifs is 1. The van der Waals surface area contributed by atoms with E-state index in [1.54, 1.807) is 30.3 Å². The Morgan fingerprint density at radius 2 is 1.91 bits per heavy atom. The van der Waals surface area contributed by atoms with E-state index in [9.17, 15) is 9.59 Å². The van der Waals surface area contributed by atoms with Gasteiger partial charge in [0.1, 0.15) is 5.75 Å². The van der Waals surface area contributed by atoms with Crippen LogP contribution in [-0.4, -0.2) is 30.4 Å². The Labute approximate surface area is 131 Å². The topological polar surface area (TPSA) is 94.1 Å². The van der Waals surface area contributed by atoms with Gasteiger partial charge < -0.3 is 24.6 Å². The first-order chi connectivity index (χ1) is 11.1. The van der Waals surface area contributed by atoms with Crippen molar-refractivity contribution in [1.29, 1.82) is 0 Å². The van der Waals surface area contributed by atoms with Crippen LogP contribution >= 0.6 is 0 Å². The number of nitrogens with one attached hydrogen (secondary N) is 1. The molecule has 0 spiro atoms. The summed E-state index contributed by atoms with van der Waals surface area (Å²) in [6.07, 6.45) is 0. The van der Waals surface area contributed by atoms with Gasteiger partial charge in [0.25, 0.3) is 5.91 Å². The van der Waals surface area contributed by atoms with Gasteiger partial charge in [0, 0.05) is 6.07 Å². The average Bonchev–Trinajstić information content (AvgIpc) is 3.01. The molecule has 2 aromatic carbocycles. The first-order valence-corrected chi connectivity index (χ1v) is 6.78. The average molecular weight is 315 g/mol. The summed E-state index contributed by atoms with van der Waals surface area (Å²) in [4.78, 5) is 23.0. The SMILES string of the molecule is O=C(COc1ccc2c(c1)OCO2)Nc1ccccc1C(=O)O. The van der Waals surface area contributed by atoms with Gasteiger partial charge in [-0.25, -0.2) is 4.79 Å². The van der Waals surface area contributed by atoms with Crippen molar-refractivity contribution < 1.29 is 28.9 Å². The summed E-state index contributed by atoms with van der Waals surface area (Å²) in [5, 5.41) is 11.6. The molecule has 0 bridgehead atoms. The van der Waals surface area contributed by atoms with Crippen LogP contribution in [0.4, 0.5) is 5.69 Å². The second-order valence-electron chi connectivity index (χ2n) is 4.70. The quantitative estimate of drug-likeness (QED) is 0.878. The minimum absolute atomic E-state index is 0.0175. The molecule has 0 unspecified atom stereocenters. The predicted octanol–water partition coefficient (Wildman–Crippen LogP) is 2.13. The molecule has 0 saturated heterocycles. The van der Waals surface area contributed by atoms with Gasteiger partial charge in [-0.1, -0.05) is 12.1 Å². The number of rotatable bonds is 5. The summed E-state index contributed by atoms with van der Waals surface area (Å²) in [5.74, 6) is 0.0567. The van der Waals surface area contributed by atoms with Crippen molar-refractivity contribution in [3.63, 3.8) is 0 Å². The highest BCUT2D eigenvalue weighted by atomic mass is 16.7.